The number of benzene rings is 2. The zero-order valence-corrected chi connectivity index (χ0v) is 17.5. The van der Waals surface area contributed by atoms with E-state index in [-0.39, 0.29) is 0 Å². The lowest BCUT2D eigenvalue weighted by atomic mass is 9.89. The van der Waals surface area contributed by atoms with Crippen molar-refractivity contribution in [2.24, 2.45) is 5.92 Å². The molecule has 31 heavy (non-hydrogen) atoms. The van der Waals surface area contributed by atoms with Crippen LogP contribution in [-0.2, 0) is 6.54 Å². The van der Waals surface area contributed by atoms with Gasteiger partial charge in [-0.05, 0) is 42.5 Å². The van der Waals surface area contributed by atoms with E-state index in [1.807, 2.05) is 23.0 Å². The van der Waals surface area contributed by atoms with Crippen molar-refractivity contribution >= 4 is 28.5 Å². The van der Waals surface area contributed by atoms with Gasteiger partial charge in [-0.2, -0.15) is 10.1 Å². The first kappa shape index (κ1) is 19.5. The van der Waals surface area contributed by atoms with Crippen LogP contribution in [0.1, 0.15) is 37.7 Å². The minimum absolute atomic E-state index is 0.539. The molecule has 1 saturated carbocycles. The molecule has 7 nitrogen and oxygen atoms in total. The Morgan fingerprint density at radius 1 is 0.935 bits per heavy atom. The topological polar surface area (TPSA) is 80.5 Å². The van der Waals surface area contributed by atoms with Crippen LogP contribution in [0.3, 0.4) is 0 Å². The Hall–Kier alpha value is -3.48. The highest BCUT2D eigenvalue weighted by atomic mass is 15.3. The lowest BCUT2D eigenvalue weighted by Crippen LogP contribution is -2.18. The van der Waals surface area contributed by atoms with Crippen LogP contribution >= 0.6 is 0 Å². The van der Waals surface area contributed by atoms with Gasteiger partial charge in [0, 0.05) is 17.6 Å². The van der Waals surface area contributed by atoms with E-state index in [9.17, 15) is 0 Å². The van der Waals surface area contributed by atoms with Gasteiger partial charge in [0.15, 0.2) is 0 Å². The molecule has 2 N–H and O–H groups in total. The standard InChI is InChI=1S/C24H27N7/c1-3-7-18(8-4-1)14-25-23-26-17-27-24(30-23)29-21-11-12-22-20(13-21)15-28-31(22)16-19-9-5-2-6-10-19/h2,5-6,9-13,15,17-18H,1,3-4,7-8,14,16H2,(H2,25,26,27,29,30). The number of anilines is 3. The molecule has 5 rings (SSSR count). The summed E-state index contributed by atoms with van der Waals surface area (Å²) in [6.45, 7) is 1.68. The van der Waals surface area contributed by atoms with Crippen molar-refractivity contribution in [1.82, 2.24) is 24.7 Å². The summed E-state index contributed by atoms with van der Waals surface area (Å²) in [5.41, 5.74) is 3.25. The van der Waals surface area contributed by atoms with Gasteiger partial charge in [-0.25, -0.2) is 9.97 Å². The van der Waals surface area contributed by atoms with Gasteiger partial charge in [0.05, 0.1) is 18.3 Å². The Kier molecular flexibility index (Phi) is 5.73. The molecular weight excluding hydrogens is 386 g/mol. The minimum atomic E-state index is 0.539. The molecule has 4 aromatic rings. The zero-order chi connectivity index (χ0) is 20.9. The smallest absolute Gasteiger partial charge is 0.231 e. The Labute approximate surface area is 182 Å². The molecule has 0 unspecified atom stereocenters. The first-order valence-electron chi connectivity index (χ1n) is 11.0. The number of rotatable bonds is 7. The third-order valence-electron chi connectivity index (χ3n) is 5.92. The Morgan fingerprint density at radius 2 is 1.77 bits per heavy atom. The molecule has 2 aromatic carbocycles. The fraction of sp³-hybridized carbons (Fsp3) is 0.333. The Balaban J connectivity index is 1.26. The predicted octanol–water partition coefficient (Wildman–Crippen LogP) is 5.01. The highest BCUT2D eigenvalue weighted by Crippen LogP contribution is 2.24. The van der Waals surface area contributed by atoms with Crippen LogP contribution in [-0.4, -0.2) is 31.3 Å². The van der Waals surface area contributed by atoms with Crippen LogP contribution in [0.5, 0.6) is 0 Å². The molecule has 1 aliphatic rings. The van der Waals surface area contributed by atoms with E-state index in [2.05, 4.69) is 67.1 Å². The fourth-order valence-electron chi connectivity index (χ4n) is 4.24. The summed E-state index contributed by atoms with van der Waals surface area (Å²) in [6.07, 6.45) is 10.1. The second kappa shape index (κ2) is 9.12. The molecule has 0 radical (unpaired) electrons. The summed E-state index contributed by atoms with van der Waals surface area (Å²) in [4.78, 5) is 13.1. The largest absolute Gasteiger partial charge is 0.354 e. The van der Waals surface area contributed by atoms with Crippen molar-refractivity contribution < 1.29 is 0 Å². The maximum absolute atomic E-state index is 4.56. The highest BCUT2D eigenvalue weighted by Gasteiger charge is 2.13. The SMILES string of the molecule is c1ccc(Cn2ncc3cc(Nc4ncnc(NCC5CCCCC5)n4)ccc32)cc1. The second-order valence-electron chi connectivity index (χ2n) is 8.20. The first-order chi connectivity index (χ1) is 15.3. The Bertz CT molecular complexity index is 1130. The van der Waals surface area contributed by atoms with E-state index < -0.39 is 0 Å². The summed E-state index contributed by atoms with van der Waals surface area (Å²) in [7, 11) is 0. The van der Waals surface area contributed by atoms with Crippen molar-refractivity contribution in [1.29, 1.82) is 0 Å². The molecule has 0 amide bonds. The van der Waals surface area contributed by atoms with Crippen molar-refractivity contribution in [3.8, 4) is 0 Å². The monoisotopic (exact) mass is 413 g/mol. The third-order valence-corrected chi connectivity index (χ3v) is 5.92. The second-order valence-corrected chi connectivity index (χ2v) is 8.20. The highest BCUT2D eigenvalue weighted by molar-refractivity contribution is 5.83. The number of fused-ring (bicyclic) bond motifs is 1. The maximum Gasteiger partial charge on any atom is 0.231 e. The molecular formula is C24H27N7. The average molecular weight is 414 g/mol. The van der Waals surface area contributed by atoms with Crippen LogP contribution in [0.15, 0.2) is 61.1 Å². The van der Waals surface area contributed by atoms with E-state index in [1.165, 1.54) is 37.7 Å². The van der Waals surface area contributed by atoms with Gasteiger partial charge in [-0.1, -0.05) is 49.6 Å². The summed E-state index contributed by atoms with van der Waals surface area (Å²) in [5.74, 6) is 1.88. The van der Waals surface area contributed by atoms with Gasteiger partial charge in [0.1, 0.15) is 6.33 Å². The van der Waals surface area contributed by atoms with Crippen molar-refractivity contribution in [3.63, 3.8) is 0 Å². The van der Waals surface area contributed by atoms with E-state index in [0.717, 1.165) is 35.6 Å². The molecule has 0 spiro atoms. The molecule has 0 aliphatic heterocycles. The molecule has 7 heteroatoms. The molecule has 2 heterocycles. The molecule has 0 atom stereocenters. The molecule has 2 aromatic heterocycles. The van der Waals surface area contributed by atoms with E-state index >= 15 is 0 Å². The van der Waals surface area contributed by atoms with E-state index in [4.69, 9.17) is 0 Å². The lowest BCUT2D eigenvalue weighted by Gasteiger charge is -2.21. The summed E-state index contributed by atoms with van der Waals surface area (Å²) >= 11 is 0. The summed E-state index contributed by atoms with van der Waals surface area (Å²) < 4.78 is 2.02. The number of hydrogen-bond acceptors (Lipinski definition) is 6. The van der Waals surface area contributed by atoms with Crippen LogP contribution in [0.4, 0.5) is 17.6 Å². The van der Waals surface area contributed by atoms with E-state index in [1.54, 1.807) is 6.33 Å². The third kappa shape index (κ3) is 4.82. The minimum Gasteiger partial charge on any atom is -0.354 e. The molecule has 1 aliphatic carbocycles. The summed E-state index contributed by atoms with van der Waals surface area (Å²) in [5, 5.41) is 12.3. The van der Waals surface area contributed by atoms with Gasteiger partial charge in [0.2, 0.25) is 11.9 Å². The van der Waals surface area contributed by atoms with E-state index in [0.29, 0.717) is 11.9 Å². The van der Waals surface area contributed by atoms with Gasteiger partial charge in [0.25, 0.3) is 0 Å². The van der Waals surface area contributed by atoms with Crippen LogP contribution in [0.25, 0.3) is 10.9 Å². The lowest BCUT2D eigenvalue weighted by molar-refractivity contribution is 0.373. The van der Waals surface area contributed by atoms with Gasteiger partial charge < -0.3 is 10.6 Å². The average Bonchev–Trinajstić information content (AvgIpc) is 3.21. The Morgan fingerprint density at radius 3 is 2.65 bits per heavy atom. The maximum atomic E-state index is 4.56. The van der Waals surface area contributed by atoms with Gasteiger partial charge in [-0.15, -0.1) is 0 Å². The predicted molar refractivity (Wildman–Crippen MR) is 123 cm³/mol. The van der Waals surface area contributed by atoms with Crippen molar-refractivity contribution in [3.05, 3.63) is 66.6 Å². The first-order valence-corrected chi connectivity index (χ1v) is 11.0. The van der Waals surface area contributed by atoms with Gasteiger partial charge >= 0.3 is 0 Å². The van der Waals surface area contributed by atoms with Crippen molar-refractivity contribution in [2.75, 3.05) is 17.2 Å². The molecule has 0 bridgehead atoms. The number of nitrogens with one attached hydrogen (secondary N) is 2. The van der Waals surface area contributed by atoms with Crippen LogP contribution < -0.4 is 10.6 Å². The molecule has 1 fully saturated rings. The molecule has 0 saturated heterocycles. The zero-order valence-electron chi connectivity index (χ0n) is 17.5. The summed E-state index contributed by atoms with van der Waals surface area (Å²) in [6, 6.07) is 16.5. The fourth-order valence-corrected chi connectivity index (χ4v) is 4.24. The number of nitrogens with zero attached hydrogens (tertiary/aromatic N) is 5. The quantitative estimate of drug-likeness (QED) is 0.443. The normalized spacial score (nSPS) is 14.6. The van der Waals surface area contributed by atoms with Crippen LogP contribution in [0, 0.1) is 5.92 Å². The van der Waals surface area contributed by atoms with Crippen molar-refractivity contribution in [2.45, 2.75) is 38.6 Å². The number of aromatic nitrogens is 5. The molecule has 158 valence electrons. The number of hydrogen-bond donors (Lipinski definition) is 2. The van der Waals surface area contributed by atoms with Gasteiger partial charge in [-0.3, -0.25) is 4.68 Å². The van der Waals surface area contributed by atoms with Crippen LogP contribution in [0.2, 0.25) is 0 Å².